The van der Waals surface area contributed by atoms with Gasteiger partial charge in [-0.3, -0.25) is 4.68 Å². The third kappa shape index (κ3) is 2.06. The van der Waals surface area contributed by atoms with E-state index in [2.05, 4.69) is 41.0 Å². The van der Waals surface area contributed by atoms with E-state index < -0.39 is 0 Å². The summed E-state index contributed by atoms with van der Waals surface area (Å²) < 4.78 is 7.58. The van der Waals surface area contributed by atoms with Crippen molar-refractivity contribution in [2.75, 3.05) is 13.2 Å². The Morgan fingerprint density at radius 1 is 1.17 bits per heavy atom. The molecule has 1 aliphatic heterocycles. The first-order chi connectivity index (χ1) is 8.86. The van der Waals surface area contributed by atoms with Gasteiger partial charge in [-0.1, -0.05) is 30.3 Å². The van der Waals surface area contributed by atoms with Crippen LogP contribution in [0.15, 0.2) is 36.5 Å². The summed E-state index contributed by atoms with van der Waals surface area (Å²) in [6, 6.07) is 11.0. The molecule has 1 aromatic carbocycles. The smallest absolute Gasteiger partial charge is 0.0571 e. The molecule has 0 aliphatic carbocycles. The third-order valence-electron chi connectivity index (χ3n) is 3.67. The van der Waals surface area contributed by atoms with Gasteiger partial charge in [0.2, 0.25) is 0 Å². The summed E-state index contributed by atoms with van der Waals surface area (Å²) in [4.78, 5) is 0. The van der Waals surface area contributed by atoms with Crippen molar-refractivity contribution in [3.63, 3.8) is 0 Å². The molecule has 2 heterocycles. The second kappa shape index (κ2) is 4.94. The fourth-order valence-electron chi connectivity index (χ4n) is 2.62. The summed E-state index contributed by atoms with van der Waals surface area (Å²) in [6.45, 7) is 3.86. The molecule has 0 amide bonds. The molecule has 1 saturated heterocycles. The SMILES string of the molecule is Cc1c(-c2ccccc2)cnn1C1CCOCC1. The maximum absolute atomic E-state index is 5.41. The van der Waals surface area contributed by atoms with Crippen LogP contribution in [-0.4, -0.2) is 23.0 Å². The topological polar surface area (TPSA) is 27.1 Å². The average molecular weight is 242 g/mol. The summed E-state index contributed by atoms with van der Waals surface area (Å²) in [5, 5.41) is 4.58. The first-order valence-corrected chi connectivity index (χ1v) is 6.53. The molecule has 3 heteroatoms. The van der Waals surface area contributed by atoms with E-state index in [9.17, 15) is 0 Å². The second-order valence-corrected chi connectivity index (χ2v) is 4.80. The zero-order valence-corrected chi connectivity index (χ0v) is 10.7. The fourth-order valence-corrected chi connectivity index (χ4v) is 2.62. The van der Waals surface area contributed by atoms with E-state index in [-0.39, 0.29) is 0 Å². The zero-order chi connectivity index (χ0) is 12.4. The van der Waals surface area contributed by atoms with Gasteiger partial charge >= 0.3 is 0 Å². The van der Waals surface area contributed by atoms with Crippen molar-refractivity contribution < 1.29 is 4.74 Å². The fraction of sp³-hybridized carbons (Fsp3) is 0.400. The highest BCUT2D eigenvalue weighted by Gasteiger charge is 2.19. The van der Waals surface area contributed by atoms with Gasteiger partial charge in [0.1, 0.15) is 0 Å². The van der Waals surface area contributed by atoms with Gasteiger partial charge in [-0.25, -0.2) is 0 Å². The van der Waals surface area contributed by atoms with Crippen molar-refractivity contribution in [3.05, 3.63) is 42.2 Å². The Labute approximate surface area is 107 Å². The van der Waals surface area contributed by atoms with E-state index in [1.54, 1.807) is 0 Å². The molecule has 1 fully saturated rings. The first kappa shape index (κ1) is 11.5. The molecule has 94 valence electrons. The van der Waals surface area contributed by atoms with E-state index in [4.69, 9.17) is 4.74 Å². The molecule has 18 heavy (non-hydrogen) atoms. The summed E-state index contributed by atoms with van der Waals surface area (Å²) in [5.74, 6) is 0. The predicted octanol–water partition coefficient (Wildman–Crippen LogP) is 3.21. The van der Waals surface area contributed by atoms with Crippen LogP contribution in [0.25, 0.3) is 11.1 Å². The molecular weight excluding hydrogens is 224 g/mol. The van der Waals surface area contributed by atoms with Crippen molar-refractivity contribution in [3.8, 4) is 11.1 Å². The van der Waals surface area contributed by atoms with Gasteiger partial charge in [-0.2, -0.15) is 5.10 Å². The average Bonchev–Trinajstić information content (AvgIpc) is 2.83. The van der Waals surface area contributed by atoms with Crippen molar-refractivity contribution in [1.82, 2.24) is 9.78 Å². The highest BCUT2D eigenvalue weighted by molar-refractivity contribution is 5.64. The highest BCUT2D eigenvalue weighted by Crippen LogP contribution is 2.28. The van der Waals surface area contributed by atoms with Crippen LogP contribution in [0.4, 0.5) is 0 Å². The normalized spacial score (nSPS) is 16.9. The van der Waals surface area contributed by atoms with E-state index in [1.165, 1.54) is 16.8 Å². The Kier molecular flexibility index (Phi) is 3.15. The summed E-state index contributed by atoms with van der Waals surface area (Å²) in [7, 11) is 0. The Bertz CT molecular complexity index is 513. The number of aromatic nitrogens is 2. The van der Waals surface area contributed by atoms with Crippen LogP contribution in [0.2, 0.25) is 0 Å². The van der Waals surface area contributed by atoms with Crippen LogP contribution in [0, 0.1) is 6.92 Å². The first-order valence-electron chi connectivity index (χ1n) is 6.53. The van der Waals surface area contributed by atoms with Crippen LogP contribution >= 0.6 is 0 Å². The largest absolute Gasteiger partial charge is 0.381 e. The standard InChI is InChI=1S/C15H18N2O/c1-12-15(13-5-3-2-4-6-13)11-16-17(12)14-7-9-18-10-8-14/h2-6,11,14H,7-10H2,1H3. The Balaban J connectivity index is 1.92. The van der Waals surface area contributed by atoms with E-state index in [0.717, 1.165) is 26.1 Å². The van der Waals surface area contributed by atoms with Crippen LogP contribution in [0.1, 0.15) is 24.6 Å². The third-order valence-corrected chi connectivity index (χ3v) is 3.67. The molecule has 3 nitrogen and oxygen atoms in total. The van der Waals surface area contributed by atoms with E-state index >= 15 is 0 Å². The summed E-state index contributed by atoms with van der Waals surface area (Å²) in [5.41, 5.74) is 3.74. The Morgan fingerprint density at radius 2 is 1.89 bits per heavy atom. The number of benzene rings is 1. The summed E-state index contributed by atoms with van der Waals surface area (Å²) in [6.07, 6.45) is 4.12. The predicted molar refractivity (Wildman–Crippen MR) is 71.5 cm³/mol. The van der Waals surface area contributed by atoms with Crippen LogP contribution in [0.3, 0.4) is 0 Å². The van der Waals surface area contributed by atoms with Crippen molar-refractivity contribution >= 4 is 0 Å². The molecule has 2 aromatic rings. The van der Waals surface area contributed by atoms with Gasteiger partial charge in [0.05, 0.1) is 12.2 Å². The molecule has 0 radical (unpaired) electrons. The second-order valence-electron chi connectivity index (χ2n) is 4.80. The van der Waals surface area contributed by atoms with Crippen molar-refractivity contribution in [2.24, 2.45) is 0 Å². The van der Waals surface area contributed by atoms with Crippen LogP contribution < -0.4 is 0 Å². The van der Waals surface area contributed by atoms with E-state index in [1.807, 2.05) is 12.3 Å². The zero-order valence-electron chi connectivity index (χ0n) is 10.7. The number of rotatable bonds is 2. The van der Waals surface area contributed by atoms with Gasteiger partial charge < -0.3 is 4.74 Å². The quantitative estimate of drug-likeness (QED) is 0.808. The maximum atomic E-state index is 5.41. The van der Waals surface area contributed by atoms with Gasteiger partial charge in [0.25, 0.3) is 0 Å². The Morgan fingerprint density at radius 3 is 2.61 bits per heavy atom. The van der Waals surface area contributed by atoms with Gasteiger partial charge in [0, 0.05) is 24.5 Å². The number of hydrogen-bond acceptors (Lipinski definition) is 2. The van der Waals surface area contributed by atoms with Crippen molar-refractivity contribution in [2.45, 2.75) is 25.8 Å². The summed E-state index contributed by atoms with van der Waals surface area (Å²) >= 11 is 0. The molecule has 0 spiro atoms. The van der Waals surface area contributed by atoms with Crippen molar-refractivity contribution in [1.29, 1.82) is 0 Å². The molecule has 1 aliphatic rings. The highest BCUT2D eigenvalue weighted by atomic mass is 16.5. The minimum Gasteiger partial charge on any atom is -0.381 e. The lowest BCUT2D eigenvalue weighted by Crippen LogP contribution is -2.21. The minimum atomic E-state index is 0.496. The lowest BCUT2D eigenvalue weighted by atomic mass is 10.1. The minimum absolute atomic E-state index is 0.496. The molecule has 0 unspecified atom stereocenters. The number of ether oxygens (including phenoxy) is 1. The monoisotopic (exact) mass is 242 g/mol. The molecule has 0 bridgehead atoms. The maximum Gasteiger partial charge on any atom is 0.0571 e. The van der Waals surface area contributed by atoms with Gasteiger partial charge in [-0.05, 0) is 25.3 Å². The molecule has 0 N–H and O–H groups in total. The van der Waals surface area contributed by atoms with Gasteiger partial charge in [-0.15, -0.1) is 0 Å². The molecule has 1 aromatic heterocycles. The Hall–Kier alpha value is -1.61. The molecule has 0 saturated carbocycles. The molecule has 3 rings (SSSR count). The lowest BCUT2D eigenvalue weighted by molar-refractivity contribution is 0.0657. The molecule has 0 atom stereocenters. The number of nitrogens with zero attached hydrogens (tertiary/aromatic N) is 2. The lowest BCUT2D eigenvalue weighted by Gasteiger charge is -2.23. The van der Waals surface area contributed by atoms with Crippen LogP contribution in [0.5, 0.6) is 0 Å². The van der Waals surface area contributed by atoms with E-state index in [0.29, 0.717) is 6.04 Å². The number of hydrogen-bond donors (Lipinski definition) is 0. The van der Waals surface area contributed by atoms with Crippen LogP contribution in [-0.2, 0) is 4.74 Å². The molecular formula is C15H18N2O. The van der Waals surface area contributed by atoms with Gasteiger partial charge in [0.15, 0.2) is 0 Å².